The average molecular weight is 181 g/mol. The van der Waals surface area contributed by atoms with E-state index in [-0.39, 0.29) is 0 Å². The van der Waals surface area contributed by atoms with Crippen molar-refractivity contribution in [2.24, 2.45) is 5.92 Å². The molecule has 0 saturated heterocycles. The van der Waals surface area contributed by atoms with Gasteiger partial charge in [0.2, 0.25) is 0 Å². The van der Waals surface area contributed by atoms with Crippen molar-refractivity contribution < 1.29 is 0 Å². The Labute approximate surface area is 82.6 Å². The summed E-state index contributed by atoms with van der Waals surface area (Å²) in [5.41, 5.74) is 0. The number of nitrogens with one attached hydrogen (secondary N) is 1. The van der Waals surface area contributed by atoms with Gasteiger partial charge in [0.15, 0.2) is 0 Å². The molecule has 1 saturated carbocycles. The van der Waals surface area contributed by atoms with Gasteiger partial charge in [-0.25, -0.2) is 0 Å². The second-order valence-electron chi connectivity index (χ2n) is 4.32. The first-order valence-corrected chi connectivity index (χ1v) is 5.64. The molecule has 1 aliphatic carbocycles. The van der Waals surface area contributed by atoms with Crippen LogP contribution in [0.1, 0.15) is 46.0 Å². The van der Waals surface area contributed by atoms with E-state index in [9.17, 15) is 0 Å². The zero-order valence-electron chi connectivity index (χ0n) is 9.05. The minimum Gasteiger partial charge on any atom is -0.311 e. The van der Waals surface area contributed by atoms with E-state index < -0.39 is 0 Å². The Kier molecular flexibility index (Phi) is 4.51. The lowest BCUT2D eigenvalue weighted by atomic mass is 10.1. The van der Waals surface area contributed by atoms with E-state index in [1.54, 1.807) is 0 Å². The fraction of sp³-hybridized carbons (Fsp3) is 0.833. The van der Waals surface area contributed by atoms with Crippen LogP contribution in [0, 0.1) is 5.92 Å². The van der Waals surface area contributed by atoms with Gasteiger partial charge in [-0.15, -0.1) is 6.58 Å². The Bertz CT molecular complexity index is 153. The van der Waals surface area contributed by atoms with Crippen molar-refractivity contribution in [3.05, 3.63) is 12.7 Å². The summed E-state index contributed by atoms with van der Waals surface area (Å²) in [5.74, 6) is 0.983. The monoisotopic (exact) mass is 181 g/mol. The van der Waals surface area contributed by atoms with E-state index in [1.165, 1.54) is 25.7 Å². The first kappa shape index (κ1) is 10.8. The third kappa shape index (κ3) is 3.95. The summed E-state index contributed by atoms with van der Waals surface area (Å²) < 4.78 is 0. The highest BCUT2D eigenvalue weighted by Gasteiger charge is 2.36. The van der Waals surface area contributed by atoms with E-state index >= 15 is 0 Å². The second-order valence-corrected chi connectivity index (χ2v) is 4.32. The molecule has 1 heteroatoms. The zero-order valence-corrected chi connectivity index (χ0v) is 9.05. The van der Waals surface area contributed by atoms with Crippen LogP contribution in [0.3, 0.4) is 0 Å². The molecule has 3 atom stereocenters. The van der Waals surface area contributed by atoms with Gasteiger partial charge in [0.1, 0.15) is 0 Å². The van der Waals surface area contributed by atoms with Gasteiger partial charge in [-0.2, -0.15) is 0 Å². The number of hydrogen-bond donors (Lipinski definition) is 1. The van der Waals surface area contributed by atoms with Gasteiger partial charge in [-0.05, 0) is 38.5 Å². The summed E-state index contributed by atoms with van der Waals surface area (Å²) in [6, 6.07) is 1.50. The second kappa shape index (κ2) is 5.43. The maximum Gasteiger partial charge on any atom is 0.0102 e. The van der Waals surface area contributed by atoms with Crippen LogP contribution in [0.15, 0.2) is 12.7 Å². The van der Waals surface area contributed by atoms with Crippen molar-refractivity contribution >= 4 is 0 Å². The Balaban J connectivity index is 2.02. The van der Waals surface area contributed by atoms with Gasteiger partial charge < -0.3 is 5.32 Å². The van der Waals surface area contributed by atoms with Crippen LogP contribution in [0.5, 0.6) is 0 Å². The number of hydrogen-bond acceptors (Lipinski definition) is 1. The van der Waals surface area contributed by atoms with Crippen molar-refractivity contribution in [1.82, 2.24) is 5.32 Å². The molecule has 76 valence electrons. The molecule has 0 aromatic rings. The Morgan fingerprint density at radius 2 is 2.38 bits per heavy atom. The topological polar surface area (TPSA) is 12.0 Å². The van der Waals surface area contributed by atoms with Gasteiger partial charge in [-0.3, -0.25) is 0 Å². The summed E-state index contributed by atoms with van der Waals surface area (Å²) in [4.78, 5) is 0. The lowest BCUT2D eigenvalue weighted by Crippen LogP contribution is -2.29. The maximum atomic E-state index is 3.74. The molecule has 1 N–H and O–H groups in total. The molecular weight excluding hydrogens is 158 g/mol. The SMILES string of the molecule is C=CCCC(C)NC1CC1CCC. The predicted molar refractivity (Wildman–Crippen MR) is 58.8 cm³/mol. The van der Waals surface area contributed by atoms with E-state index in [0.717, 1.165) is 18.4 Å². The molecule has 1 fully saturated rings. The number of allylic oxidation sites excluding steroid dienone is 1. The lowest BCUT2D eigenvalue weighted by molar-refractivity contribution is 0.490. The van der Waals surface area contributed by atoms with Gasteiger partial charge >= 0.3 is 0 Å². The van der Waals surface area contributed by atoms with E-state index in [0.29, 0.717) is 6.04 Å². The lowest BCUT2D eigenvalue weighted by Gasteiger charge is -2.12. The van der Waals surface area contributed by atoms with Gasteiger partial charge in [0.25, 0.3) is 0 Å². The summed E-state index contributed by atoms with van der Waals surface area (Å²) >= 11 is 0. The summed E-state index contributed by atoms with van der Waals surface area (Å²) in [7, 11) is 0. The van der Waals surface area contributed by atoms with Crippen LogP contribution in [-0.4, -0.2) is 12.1 Å². The highest BCUT2D eigenvalue weighted by molar-refractivity contribution is 4.94. The maximum absolute atomic E-state index is 3.74. The van der Waals surface area contributed by atoms with Gasteiger partial charge in [0.05, 0.1) is 0 Å². The standard InChI is InChI=1S/C12H23N/c1-4-6-8-10(3)13-12-9-11(12)7-5-2/h4,10-13H,1,5-9H2,2-3H3. The fourth-order valence-electron chi connectivity index (χ4n) is 1.96. The van der Waals surface area contributed by atoms with Crippen LogP contribution >= 0.6 is 0 Å². The molecule has 1 rings (SSSR count). The molecule has 1 nitrogen and oxygen atoms in total. The van der Waals surface area contributed by atoms with E-state index in [4.69, 9.17) is 0 Å². The van der Waals surface area contributed by atoms with Crippen LogP contribution in [-0.2, 0) is 0 Å². The zero-order chi connectivity index (χ0) is 9.68. The summed E-state index contributed by atoms with van der Waals surface area (Å²) in [6.45, 7) is 8.30. The highest BCUT2D eigenvalue weighted by atomic mass is 15.0. The molecule has 3 unspecified atom stereocenters. The van der Waals surface area contributed by atoms with Crippen molar-refractivity contribution in [3.8, 4) is 0 Å². The molecule has 0 spiro atoms. The van der Waals surface area contributed by atoms with E-state index in [2.05, 4.69) is 25.7 Å². The molecule has 13 heavy (non-hydrogen) atoms. The molecule has 1 aliphatic rings. The van der Waals surface area contributed by atoms with Crippen molar-refractivity contribution in [2.75, 3.05) is 0 Å². The normalized spacial score (nSPS) is 28.5. The largest absolute Gasteiger partial charge is 0.311 e. The van der Waals surface area contributed by atoms with Crippen LogP contribution < -0.4 is 5.32 Å². The molecule has 0 radical (unpaired) electrons. The minimum atomic E-state index is 0.671. The molecule has 0 bridgehead atoms. The fourth-order valence-corrected chi connectivity index (χ4v) is 1.96. The molecule has 0 aromatic carbocycles. The van der Waals surface area contributed by atoms with Gasteiger partial charge in [-0.1, -0.05) is 19.4 Å². The summed E-state index contributed by atoms with van der Waals surface area (Å²) in [6.07, 6.45) is 8.54. The predicted octanol–water partition coefficient (Wildman–Crippen LogP) is 3.12. The highest BCUT2D eigenvalue weighted by Crippen LogP contribution is 2.34. The summed E-state index contributed by atoms with van der Waals surface area (Å²) in [5, 5.41) is 3.68. The molecule has 0 amide bonds. The Morgan fingerprint density at radius 3 is 3.00 bits per heavy atom. The number of rotatable bonds is 7. The first-order chi connectivity index (χ1) is 6.27. The third-order valence-corrected chi connectivity index (χ3v) is 2.88. The average Bonchev–Trinajstić information content (AvgIpc) is 2.81. The van der Waals surface area contributed by atoms with Gasteiger partial charge in [0, 0.05) is 12.1 Å². The van der Waals surface area contributed by atoms with Crippen molar-refractivity contribution in [3.63, 3.8) is 0 Å². The first-order valence-electron chi connectivity index (χ1n) is 5.64. The smallest absolute Gasteiger partial charge is 0.0102 e. The minimum absolute atomic E-state index is 0.671. The van der Waals surface area contributed by atoms with Crippen molar-refractivity contribution in [1.29, 1.82) is 0 Å². The van der Waals surface area contributed by atoms with Crippen LogP contribution in [0.25, 0.3) is 0 Å². The molecule has 0 heterocycles. The molecular formula is C12H23N. The quantitative estimate of drug-likeness (QED) is 0.595. The molecule has 0 aliphatic heterocycles. The Hall–Kier alpha value is -0.300. The molecule has 0 aromatic heterocycles. The Morgan fingerprint density at radius 1 is 1.62 bits per heavy atom. The van der Waals surface area contributed by atoms with E-state index in [1.807, 2.05) is 6.08 Å². The van der Waals surface area contributed by atoms with Crippen LogP contribution in [0.2, 0.25) is 0 Å². The van der Waals surface area contributed by atoms with Crippen molar-refractivity contribution in [2.45, 2.75) is 58.0 Å². The van der Waals surface area contributed by atoms with Crippen LogP contribution in [0.4, 0.5) is 0 Å². The third-order valence-electron chi connectivity index (χ3n) is 2.88.